The van der Waals surface area contributed by atoms with Crippen molar-refractivity contribution in [2.24, 2.45) is 0 Å². The molecule has 0 spiro atoms. The van der Waals surface area contributed by atoms with Crippen LogP contribution < -0.4 is 5.32 Å². The smallest absolute Gasteiger partial charge is 0.0838 e. The SMILES string of the molecule is [CH2][CH]OCCNC(C)(CC)CC. The van der Waals surface area contributed by atoms with Crippen LogP contribution in [0.1, 0.15) is 33.6 Å². The standard InChI is InChI=1S/C10H21NO/c1-5-10(4,6-2)11-8-9-12-7-3/h7,11H,3,5-6,8-9H2,1-2,4H3. The van der Waals surface area contributed by atoms with E-state index in [1.54, 1.807) is 0 Å². The molecule has 0 saturated carbocycles. The molecule has 2 radical (unpaired) electrons. The van der Waals surface area contributed by atoms with Crippen LogP contribution in [0.2, 0.25) is 0 Å². The molecule has 0 bridgehead atoms. The first-order chi connectivity index (χ1) is 5.68. The number of nitrogens with one attached hydrogen (secondary N) is 1. The van der Waals surface area contributed by atoms with Crippen molar-refractivity contribution in [1.82, 2.24) is 5.32 Å². The van der Waals surface area contributed by atoms with Crippen molar-refractivity contribution in [3.05, 3.63) is 13.5 Å². The van der Waals surface area contributed by atoms with Crippen molar-refractivity contribution in [3.63, 3.8) is 0 Å². The molecule has 1 N–H and O–H groups in total. The Bertz CT molecular complexity index is 100. The van der Waals surface area contributed by atoms with Crippen LogP contribution in [0.5, 0.6) is 0 Å². The molecular formula is C10H21NO. The fourth-order valence-electron chi connectivity index (χ4n) is 0.995. The van der Waals surface area contributed by atoms with Gasteiger partial charge in [-0.05, 0) is 26.7 Å². The van der Waals surface area contributed by atoms with Gasteiger partial charge in [-0.2, -0.15) is 0 Å². The lowest BCUT2D eigenvalue weighted by Crippen LogP contribution is -2.42. The average Bonchev–Trinajstić information content (AvgIpc) is 2.12. The molecule has 0 heterocycles. The molecule has 0 atom stereocenters. The third kappa shape index (κ3) is 4.73. The summed E-state index contributed by atoms with van der Waals surface area (Å²) < 4.78 is 5.02. The van der Waals surface area contributed by atoms with Crippen molar-refractivity contribution in [2.45, 2.75) is 39.2 Å². The van der Waals surface area contributed by atoms with Crippen molar-refractivity contribution >= 4 is 0 Å². The summed E-state index contributed by atoms with van der Waals surface area (Å²) in [6.45, 7) is 13.2. The topological polar surface area (TPSA) is 21.3 Å². The molecule has 0 aliphatic rings. The lowest BCUT2D eigenvalue weighted by molar-refractivity contribution is 0.197. The van der Waals surface area contributed by atoms with Crippen LogP contribution in [0.25, 0.3) is 0 Å². The van der Waals surface area contributed by atoms with Crippen LogP contribution >= 0.6 is 0 Å². The van der Waals surface area contributed by atoms with Crippen LogP contribution in [-0.2, 0) is 4.74 Å². The molecule has 0 saturated heterocycles. The third-order valence-electron chi connectivity index (χ3n) is 2.45. The van der Waals surface area contributed by atoms with Crippen LogP contribution in [0.4, 0.5) is 0 Å². The molecule has 72 valence electrons. The van der Waals surface area contributed by atoms with Gasteiger partial charge in [0, 0.05) is 12.1 Å². The van der Waals surface area contributed by atoms with Crippen LogP contribution in [0.3, 0.4) is 0 Å². The van der Waals surface area contributed by atoms with Gasteiger partial charge in [0.25, 0.3) is 0 Å². The molecule has 12 heavy (non-hydrogen) atoms. The molecule has 0 aromatic heterocycles. The number of ether oxygens (including phenoxy) is 1. The van der Waals surface area contributed by atoms with Gasteiger partial charge in [0.2, 0.25) is 0 Å². The molecule has 0 unspecified atom stereocenters. The zero-order valence-electron chi connectivity index (χ0n) is 8.52. The van der Waals surface area contributed by atoms with Crippen molar-refractivity contribution in [3.8, 4) is 0 Å². The maximum Gasteiger partial charge on any atom is 0.0838 e. The van der Waals surface area contributed by atoms with E-state index in [0.717, 1.165) is 19.4 Å². The fraction of sp³-hybridized carbons (Fsp3) is 0.800. The van der Waals surface area contributed by atoms with E-state index in [9.17, 15) is 0 Å². The molecule has 0 fully saturated rings. The molecule has 2 nitrogen and oxygen atoms in total. The molecule has 0 rings (SSSR count). The van der Waals surface area contributed by atoms with Gasteiger partial charge in [-0.3, -0.25) is 0 Å². The lowest BCUT2D eigenvalue weighted by atomic mass is 9.96. The summed E-state index contributed by atoms with van der Waals surface area (Å²) in [6.07, 6.45) is 2.30. The summed E-state index contributed by atoms with van der Waals surface area (Å²) in [6, 6.07) is 0. The van der Waals surface area contributed by atoms with Crippen molar-refractivity contribution in [1.29, 1.82) is 0 Å². The second-order valence-electron chi connectivity index (χ2n) is 3.23. The van der Waals surface area contributed by atoms with Gasteiger partial charge in [0.15, 0.2) is 0 Å². The van der Waals surface area contributed by atoms with Crippen LogP contribution in [-0.4, -0.2) is 18.7 Å². The first-order valence-corrected chi connectivity index (χ1v) is 4.66. The highest BCUT2D eigenvalue weighted by molar-refractivity contribution is 4.79. The Hall–Kier alpha value is -0.0800. The molecular weight excluding hydrogens is 150 g/mol. The van der Waals surface area contributed by atoms with Gasteiger partial charge < -0.3 is 10.1 Å². The zero-order chi connectivity index (χ0) is 9.45. The number of hydrogen-bond donors (Lipinski definition) is 1. The Morgan fingerprint density at radius 2 is 2.00 bits per heavy atom. The summed E-state index contributed by atoms with van der Waals surface area (Å²) in [7, 11) is 0. The maximum absolute atomic E-state index is 5.02. The predicted molar refractivity (Wildman–Crippen MR) is 52.6 cm³/mol. The largest absolute Gasteiger partial charge is 0.374 e. The highest BCUT2D eigenvalue weighted by atomic mass is 16.5. The minimum Gasteiger partial charge on any atom is -0.374 e. The van der Waals surface area contributed by atoms with Crippen LogP contribution in [0, 0.1) is 13.5 Å². The molecule has 0 aliphatic carbocycles. The summed E-state index contributed by atoms with van der Waals surface area (Å²) >= 11 is 0. The van der Waals surface area contributed by atoms with Gasteiger partial charge in [-0.15, -0.1) is 0 Å². The van der Waals surface area contributed by atoms with E-state index in [4.69, 9.17) is 4.74 Å². The van der Waals surface area contributed by atoms with E-state index in [1.807, 2.05) is 0 Å². The van der Waals surface area contributed by atoms with Crippen molar-refractivity contribution < 1.29 is 4.74 Å². The molecule has 2 heteroatoms. The van der Waals surface area contributed by atoms with Gasteiger partial charge >= 0.3 is 0 Å². The van der Waals surface area contributed by atoms with E-state index >= 15 is 0 Å². The van der Waals surface area contributed by atoms with Gasteiger partial charge in [-0.1, -0.05) is 13.8 Å². The fourth-order valence-corrected chi connectivity index (χ4v) is 0.995. The second kappa shape index (κ2) is 6.44. The molecule has 0 amide bonds. The lowest BCUT2D eigenvalue weighted by Gasteiger charge is -2.28. The summed E-state index contributed by atoms with van der Waals surface area (Å²) in [4.78, 5) is 0. The normalized spacial score (nSPS) is 12.0. The van der Waals surface area contributed by atoms with E-state index in [-0.39, 0.29) is 5.54 Å². The average molecular weight is 171 g/mol. The van der Waals surface area contributed by atoms with Gasteiger partial charge in [0.05, 0.1) is 13.2 Å². The molecule has 0 aliphatic heterocycles. The first-order valence-electron chi connectivity index (χ1n) is 4.66. The minimum atomic E-state index is 0.268. The quantitative estimate of drug-likeness (QED) is 0.593. The Morgan fingerprint density at radius 1 is 1.42 bits per heavy atom. The Labute approximate surface area is 76.7 Å². The van der Waals surface area contributed by atoms with E-state index in [0.29, 0.717) is 6.61 Å². The Balaban J connectivity index is 3.45. The second-order valence-corrected chi connectivity index (χ2v) is 3.23. The third-order valence-corrected chi connectivity index (χ3v) is 2.45. The summed E-state index contributed by atoms with van der Waals surface area (Å²) in [5, 5.41) is 3.46. The predicted octanol–water partition coefficient (Wildman–Crippen LogP) is 2.17. The molecule has 0 aromatic carbocycles. The van der Waals surface area contributed by atoms with Gasteiger partial charge in [-0.25, -0.2) is 0 Å². The number of hydrogen-bond acceptors (Lipinski definition) is 2. The minimum absolute atomic E-state index is 0.268. The maximum atomic E-state index is 5.02. The Morgan fingerprint density at radius 3 is 2.42 bits per heavy atom. The van der Waals surface area contributed by atoms with E-state index < -0.39 is 0 Å². The monoisotopic (exact) mass is 171 g/mol. The van der Waals surface area contributed by atoms with Gasteiger partial charge in [0.1, 0.15) is 0 Å². The summed E-state index contributed by atoms with van der Waals surface area (Å²) in [5.74, 6) is 0. The first kappa shape index (κ1) is 11.9. The van der Waals surface area contributed by atoms with Crippen LogP contribution in [0.15, 0.2) is 0 Å². The number of rotatable bonds is 7. The van der Waals surface area contributed by atoms with E-state index in [1.165, 1.54) is 6.61 Å². The highest BCUT2D eigenvalue weighted by Gasteiger charge is 2.17. The summed E-state index contributed by atoms with van der Waals surface area (Å²) in [5.41, 5.74) is 0.268. The van der Waals surface area contributed by atoms with E-state index in [2.05, 4.69) is 33.0 Å². The Kier molecular flexibility index (Phi) is 6.39. The molecule has 0 aromatic rings. The highest BCUT2D eigenvalue weighted by Crippen LogP contribution is 2.12. The van der Waals surface area contributed by atoms with Crippen molar-refractivity contribution in [2.75, 3.05) is 13.2 Å². The zero-order valence-corrected chi connectivity index (χ0v) is 8.52.